The standard InChI is InChI=1S/C15H22O2/c1-4-5-6-8-11(2)13-9-7-10-14(12(13)3)15(16)17/h7,9-11H,4-6,8H2,1-3H3,(H,16,17). The minimum absolute atomic E-state index is 0.435. The molecule has 2 nitrogen and oxygen atoms in total. The number of hydrogen-bond acceptors (Lipinski definition) is 1. The number of carboxylic acid groups (broad SMARTS) is 1. The Morgan fingerprint density at radius 1 is 1.35 bits per heavy atom. The Labute approximate surface area is 104 Å². The van der Waals surface area contributed by atoms with Crippen molar-refractivity contribution in [1.82, 2.24) is 0 Å². The summed E-state index contributed by atoms with van der Waals surface area (Å²) in [5, 5.41) is 9.09. The summed E-state index contributed by atoms with van der Waals surface area (Å²) >= 11 is 0. The monoisotopic (exact) mass is 234 g/mol. The fourth-order valence-electron chi connectivity index (χ4n) is 2.28. The van der Waals surface area contributed by atoms with Crippen LogP contribution in [0.2, 0.25) is 0 Å². The molecule has 0 saturated carbocycles. The zero-order valence-electron chi connectivity index (χ0n) is 11.0. The van der Waals surface area contributed by atoms with E-state index >= 15 is 0 Å². The fraction of sp³-hybridized carbons (Fsp3) is 0.533. The summed E-state index contributed by atoms with van der Waals surface area (Å²) in [5.74, 6) is -0.383. The topological polar surface area (TPSA) is 37.3 Å². The molecule has 1 aromatic rings. The number of benzene rings is 1. The molecule has 0 radical (unpaired) electrons. The molecular weight excluding hydrogens is 212 g/mol. The van der Waals surface area contributed by atoms with Gasteiger partial charge in [-0.25, -0.2) is 4.79 Å². The molecule has 17 heavy (non-hydrogen) atoms. The van der Waals surface area contributed by atoms with E-state index in [1.165, 1.54) is 24.8 Å². The third-order valence-corrected chi connectivity index (χ3v) is 3.38. The van der Waals surface area contributed by atoms with Crippen molar-refractivity contribution in [2.24, 2.45) is 0 Å². The Hall–Kier alpha value is -1.31. The van der Waals surface area contributed by atoms with E-state index in [2.05, 4.69) is 19.9 Å². The number of unbranched alkanes of at least 4 members (excludes halogenated alkanes) is 2. The second-order valence-corrected chi connectivity index (χ2v) is 4.72. The first-order valence-corrected chi connectivity index (χ1v) is 6.40. The van der Waals surface area contributed by atoms with Crippen LogP contribution in [0, 0.1) is 6.92 Å². The predicted octanol–water partition coefficient (Wildman–Crippen LogP) is 4.38. The average Bonchev–Trinajstić information content (AvgIpc) is 2.29. The molecule has 0 aliphatic carbocycles. The summed E-state index contributed by atoms with van der Waals surface area (Å²) < 4.78 is 0. The molecule has 0 fully saturated rings. The zero-order chi connectivity index (χ0) is 12.8. The predicted molar refractivity (Wildman–Crippen MR) is 70.7 cm³/mol. The van der Waals surface area contributed by atoms with Gasteiger partial charge in [-0.1, -0.05) is 45.2 Å². The van der Waals surface area contributed by atoms with E-state index in [1.54, 1.807) is 6.07 Å². The van der Waals surface area contributed by atoms with Crippen molar-refractivity contribution >= 4 is 5.97 Å². The van der Waals surface area contributed by atoms with Crippen LogP contribution >= 0.6 is 0 Å². The maximum absolute atomic E-state index is 11.1. The Balaban J connectivity index is 2.83. The van der Waals surface area contributed by atoms with Crippen LogP contribution in [-0.2, 0) is 0 Å². The van der Waals surface area contributed by atoms with Crippen LogP contribution < -0.4 is 0 Å². The molecule has 0 amide bonds. The molecule has 94 valence electrons. The van der Waals surface area contributed by atoms with E-state index in [0.29, 0.717) is 11.5 Å². The normalized spacial score (nSPS) is 12.4. The fourth-order valence-corrected chi connectivity index (χ4v) is 2.28. The first-order valence-electron chi connectivity index (χ1n) is 6.40. The highest BCUT2D eigenvalue weighted by Gasteiger charge is 2.13. The molecule has 1 aromatic carbocycles. The lowest BCUT2D eigenvalue weighted by atomic mass is 9.89. The molecule has 0 saturated heterocycles. The summed E-state index contributed by atoms with van der Waals surface area (Å²) in [6.07, 6.45) is 4.83. The Morgan fingerprint density at radius 2 is 2.06 bits per heavy atom. The van der Waals surface area contributed by atoms with Crippen molar-refractivity contribution in [2.45, 2.75) is 52.4 Å². The summed E-state index contributed by atoms with van der Waals surface area (Å²) in [4.78, 5) is 11.1. The lowest BCUT2D eigenvalue weighted by molar-refractivity contribution is 0.0696. The minimum Gasteiger partial charge on any atom is -0.478 e. The number of carboxylic acids is 1. The highest BCUT2D eigenvalue weighted by molar-refractivity contribution is 5.89. The Bertz CT molecular complexity index is 383. The first kappa shape index (κ1) is 13.8. The van der Waals surface area contributed by atoms with Crippen molar-refractivity contribution in [3.05, 3.63) is 34.9 Å². The quantitative estimate of drug-likeness (QED) is 0.742. The van der Waals surface area contributed by atoms with Gasteiger partial charge in [0.25, 0.3) is 0 Å². The number of rotatable bonds is 6. The highest BCUT2D eigenvalue weighted by Crippen LogP contribution is 2.26. The van der Waals surface area contributed by atoms with Gasteiger partial charge >= 0.3 is 5.97 Å². The van der Waals surface area contributed by atoms with E-state index in [-0.39, 0.29) is 0 Å². The number of hydrogen-bond donors (Lipinski definition) is 1. The first-order chi connectivity index (χ1) is 8.07. The lowest BCUT2D eigenvalue weighted by Gasteiger charge is -2.15. The molecular formula is C15H22O2. The third kappa shape index (κ3) is 3.58. The molecule has 1 unspecified atom stereocenters. The summed E-state index contributed by atoms with van der Waals surface area (Å²) in [6.45, 7) is 6.29. The van der Waals surface area contributed by atoms with E-state index in [4.69, 9.17) is 5.11 Å². The van der Waals surface area contributed by atoms with Gasteiger partial charge in [-0.05, 0) is 36.5 Å². The second-order valence-electron chi connectivity index (χ2n) is 4.72. The lowest BCUT2D eigenvalue weighted by Crippen LogP contribution is -2.05. The van der Waals surface area contributed by atoms with Gasteiger partial charge in [0, 0.05) is 0 Å². The molecule has 0 bridgehead atoms. The van der Waals surface area contributed by atoms with Gasteiger partial charge in [0.2, 0.25) is 0 Å². The van der Waals surface area contributed by atoms with Crippen LogP contribution in [0.25, 0.3) is 0 Å². The minimum atomic E-state index is -0.829. The van der Waals surface area contributed by atoms with Crippen LogP contribution in [0.5, 0.6) is 0 Å². The highest BCUT2D eigenvalue weighted by atomic mass is 16.4. The molecule has 0 aliphatic heterocycles. The van der Waals surface area contributed by atoms with Gasteiger partial charge < -0.3 is 5.11 Å². The molecule has 1 N–H and O–H groups in total. The van der Waals surface area contributed by atoms with E-state index in [9.17, 15) is 4.79 Å². The summed E-state index contributed by atoms with van der Waals surface area (Å²) in [5.41, 5.74) is 2.54. The molecule has 0 aliphatic rings. The maximum atomic E-state index is 11.1. The van der Waals surface area contributed by atoms with Crippen molar-refractivity contribution in [3.8, 4) is 0 Å². The molecule has 1 rings (SSSR count). The third-order valence-electron chi connectivity index (χ3n) is 3.38. The van der Waals surface area contributed by atoms with Crippen LogP contribution in [-0.4, -0.2) is 11.1 Å². The number of carbonyl (C=O) groups is 1. The summed E-state index contributed by atoms with van der Waals surface area (Å²) in [7, 11) is 0. The van der Waals surface area contributed by atoms with E-state index in [0.717, 1.165) is 12.0 Å². The van der Waals surface area contributed by atoms with Crippen LogP contribution in [0.4, 0.5) is 0 Å². The second kappa shape index (κ2) is 6.43. The van der Waals surface area contributed by atoms with Gasteiger partial charge in [-0.3, -0.25) is 0 Å². The van der Waals surface area contributed by atoms with Gasteiger partial charge in [-0.2, -0.15) is 0 Å². The van der Waals surface area contributed by atoms with Gasteiger partial charge in [0.1, 0.15) is 0 Å². The van der Waals surface area contributed by atoms with E-state index < -0.39 is 5.97 Å². The van der Waals surface area contributed by atoms with Gasteiger partial charge in [0.05, 0.1) is 5.56 Å². The molecule has 1 atom stereocenters. The Kier molecular flexibility index (Phi) is 5.20. The SMILES string of the molecule is CCCCCC(C)c1cccc(C(=O)O)c1C. The van der Waals surface area contributed by atoms with Crippen molar-refractivity contribution in [2.75, 3.05) is 0 Å². The molecule has 0 spiro atoms. The van der Waals surface area contributed by atoms with Crippen LogP contribution in [0.1, 0.15) is 66.9 Å². The number of aromatic carboxylic acids is 1. The molecule has 2 heteroatoms. The molecule has 0 aromatic heterocycles. The van der Waals surface area contributed by atoms with Crippen LogP contribution in [0.15, 0.2) is 18.2 Å². The molecule has 0 heterocycles. The maximum Gasteiger partial charge on any atom is 0.335 e. The van der Waals surface area contributed by atoms with Crippen molar-refractivity contribution < 1.29 is 9.90 Å². The summed E-state index contributed by atoms with van der Waals surface area (Å²) in [6, 6.07) is 5.58. The average molecular weight is 234 g/mol. The zero-order valence-corrected chi connectivity index (χ0v) is 11.0. The van der Waals surface area contributed by atoms with Crippen molar-refractivity contribution in [1.29, 1.82) is 0 Å². The van der Waals surface area contributed by atoms with Crippen LogP contribution in [0.3, 0.4) is 0 Å². The largest absolute Gasteiger partial charge is 0.478 e. The van der Waals surface area contributed by atoms with Gasteiger partial charge in [-0.15, -0.1) is 0 Å². The van der Waals surface area contributed by atoms with E-state index in [1.807, 2.05) is 13.0 Å². The van der Waals surface area contributed by atoms with Gasteiger partial charge in [0.15, 0.2) is 0 Å². The van der Waals surface area contributed by atoms with Crippen molar-refractivity contribution in [3.63, 3.8) is 0 Å². The Morgan fingerprint density at radius 3 is 2.65 bits per heavy atom. The smallest absolute Gasteiger partial charge is 0.335 e.